The Labute approximate surface area is 103 Å². The number of rotatable bonds is 6. The third-order valence-electron chi connectivity index (χ3n) is 2.22. The highest BCUT2D eigenvalue weighted by Gasteiger charge is 2.26. The second-order valence-corrected chi connectivity index (χ2v) is 3.72. The predicted octanol–water partition coefficient (Wildman–Crippen LogP) is 3.40. The van der Waals surface area contributed by atoms with E-state index in [4.69, 9.17) is 4.74 Å². The van der Waals surface area contributed by atoms with Crippen LogP contribution in [0.2, 0.25) is 0 Å². The van der Waals surface area contributed by atoms with Crippen molar-refractivity contribution in [3.8, 4) is 5.75 Å². The standard InChI is InChI=1S/C12H14F3NO2/c1-2-11(17)10-5-4-9(8-16-10)18-7-3-6-12(13,14)15/h4-5,8H,2-3,6-7H2,1H3. The van der Waals surface area contributed by atoms with Gasteiger partial charge in [-0.25, -0.2) is 4.98 Å². The lowest BCUT2D eigenvalue weighted by molar-refractivity contribution is -0.136. The lowest BCUT2D eigenvalue weighted by atomic mass is 10.2. The number of hydrogen-bond acceptors (Lipinski definition) is 3. The molecule has 6 heteroatoms. The fraction of sp³-hybridized carbons (Fsp3) is 0.500. The summed E-state index contributed by atoms with van der Waals surface area (Å²) in [5.74, 6) is 0.281. The van der Waals surface area contributed by atoms with Gasteiger partial charge in [0.15, 0.2) is 5.78 Å². The summed E-state index contributed by atoms with van der Waals surface area (Å²) in [7, 11) is 0. The molecule has 1 rings (SSSR count). The minimum absolute atomic E-state index is 0.0255. The number of ketones is 1. The first kappa shape index (κ1) is 14.5. The zero-order valence-electron chi connectivity index (χ0n) is 9.96. The highest BCUT2D eigenvalue weighted by atomic mass is 19.4. The maximum atomic E-state index is 11.9. The molecule has 1 heterocycles. The van der Waals surface area contributed by atoms with Gasteiger partial charge in [-0.2, -0.15) is 13.2 Å². The first-order valence-electron chi connectivity index (χ1n) is 5.61. The fourth-order valence-electron chi connectivity index (χ4n) is 1.27. The molecule has 0 spiro atoms. The van der Waals surface area contributed by atoms with Gasteiger partial charge in [0, 0.05) is 12.8 Å². The molecule has 1 aromatic heterocycles. The van der Waals surface area contributed by atoms with E-state index in [0.717, 1.165) is 0 Å². The Hall–Kier alpha value is -1.59. The van der Waals surface area contributed by atoms with E-state index < -0.39 is 12.6 Å². The minimum Gasteiger partial charge on any atom is -0.492 e. The Bertz CT molecular complexity index is 387. The van der Waals surface area contributed by atoms with E-state index in [2.05, 4.69) is 4.98 Å². The Morgan fingerprint density at radius 1 is 1.39 bits per heavy atom. The SMILES string of the molecule is CCC(=O)c1ccc(OCCCC(F)(F)F)cn1. The fourth-order valence-corrected chi connectivity index (χ4v) is 1.27. The molecule has 0 atom stereocenters. The number of Topliss-reactive ketones (excluding diaryl/α,β-unsaturated/α-hetero) is 1. The van der Waals surface area contributed by atoms with Crippen molar-refractivity contribution < 1.29 is 22.7 Å². The second kappa shape index (κ2) is 6.37. The molecule has 0 bridgehead atoms. The van der Waals surface area contributed by atoms with Gasteiger partial charge in [-0.3, -0.25) is 4.79 Å². The Morgan fingerprint density at radius 3 is 2.61 bits per heavy atom. The van der Waals surface area contributed by atoms with Gasteiger partial charge in [0.25, 0.3) is 0 Å². The molecule has 0 aliphatic heterocycles. The topological polar surface area (TPSA) is 39.2 Å². The molecule has 0 aliphatic carbocycles. The largest absolute Gasteiger partial charge is 0.492 e. The van der Waals surface area contributed by atoms with Crippen LogP contribution in [0.3, 0.4) is 0 Å². The van der Waals surface area contributed by atoms with Crippen molar-refractivity contribution in [2.75, 3.05) is 6.61 Å². The van der Waals surface area contributed by atoms with E-state index in [1.165, 1.54) is 18.3 Å². The third kappa shape index (κ3) is 5.16. The van der Waals surface area contributed by atoms with Gasteiger partial charge >= 0.3 is 6.18 Å². The van der Waals surface area contributed by atoms with Crippen molar-refractivity contribution in [3.05, 3.63) is 24.0 Å². The van der Waals surface area contributed by atoms with E-state index in [1.807, 2.05) is 0 Å². The summed E-state index contributed by atoms with van der Waals surface area (Å²) in [4.78, 5) is 15.1. The lowest BCUT2D eigenvalue weighted by Gasteiger charge is -2.08. The maximum Gasteiger partial charge on any atom is 0.389 e. The molecule has 100 valence electrons. The number of hydrogen-bond donors (Lipinski definition) is 0. The summed E-state index contributed by atoms with van der Waals surface area (Å²) in [5, 5.41) is 0. The highest BCUT2D eigenvalue weighted by molar-refractivity contribution is 5.93. The van der Waals surface area contributed by atoms with Crippen LogP contribution in [0.4, 0.5) is 13.2 Å². The van der Waals surface area contributed by atoms with Crippen LogP contribution in [-0.4, -0.2) is 23.6 Å². The summed E-state index contributed by atoms with van der Waals surface area (Å²) in [6, 6.07) is 3.04. The van der Waals surface area contributed by atoms with Crippen LogP contribution >= 0.6 is 0 Å². The first-order valence-corrected chi connectivity index (χ1v) is 5.61. The van der Waals surface area contributed by atoms with E-state index in [1.54, 1.807) is 6.92 Å². The molecule has 0 amide bonds. The van der Waals surface area contributed by atoms with Crippen LogP contribution in [-0.2, 0) is 0 Å². The predicted molar refractivity (Wildman–Crippen MR) is 59.6 cm³/mol. The minimum atomic E-state index is -4.15. The van der Waals surface area contributed by atoms with Crippen molar-refractivity contribution in [2.45, 2.75) is 32.4 Å². The molecule has 0 N–H and O–H groups in total. The lowest BCUT2D eigenvalue weighted by Crippen LogP contribution is -2.10. The molecule has 0 aromatic carbocycles. The van der Waals surface area contributed by atoms with Gasteiger partial charge in [-0.05, 0) is 18.6 Å². The van der Waals surface area contributed by atoms with Gasteiger partial charge < -0.3 is 4.74 Å². The van der Waals surface area contributed by atoms with Crippen LogP contribution in [0.25, 0.3) is 0 Å². The molecule has 1 aromatic rings. The Morgan fingerprint density at radius 2 is 2.11 bits per heavy atom. The number of halogens is 3. The quantitative estimate of drug-likeness (QED) is 0.582. The second-order valence-electron chi connectivity index (χ2n) is 3.72. The molecular weight excluding hydrogens is 247 g/mol. The van der Waals surface area contributed by atoms with Crippen LogP contribution in [0.5, 0.6) is 5.75 Å². The molecule has 0 aliphatic rings. The van der Waals surface area contributed by atoms with Gasteiger partial charge in [0.1, 0.15) is 11.4 Å². The zero-order valence-corrected chi connectivity index (χ0v) is 9.96. The van der Waals surface area contributed by atoms with Crippen LogP contribution in [0.15, 0.2) is 18.3 Å². The summed E-state index contributed by atoms with van der Waals surface area (Å²) in [6.45, 7) is 1.70. The zero-order chi connectivity index (χ0) is 13.6. The summed E-state index contributed by atoms with van der Waals surface area (Å²) in [5.41, 5.74) is 0.333. The van der Waals surface area contributed by atoms with Crippen LogP contribution in [0.1, 0.15) is 36.7 Å². The molecule has 3 nitrogen and oxygen atoms in total. The van der Waals surface area contributed by atoms with Crippen LogP contribution in [0, 0.1) is 0 Å². The van der Waals surface area contributed by atoms with E-state index >= 15 is 0 Å². The van der Waals surface area contributed by atoms with E-state index in [-0.39, 0.29) is 18.8 Å². The normalized spacial score (nSPS) is 11.3. The van der Waals surface area contributed by atoms with Crippen molar-refractivity contribution in [1.82, 2.24) is 4.98 Å². The Kier molecular flexibility index (Phi) is 5.12. The summed E-state index contributed by atoms with van der Waals surface area (Å²) < 4.78 is 40.7. The number of ether oxygens (including phenoxy) is 1. The van der Waals surface area contributed by atoms with Gasteiger partial charge in [-0.1, -0.05) is 6.92 Å². The average molecular weight is 261 g/mol. The number of alkyl halides is 3. The summed E-state index contributed by atoms with van der Waals surface area (Å²) >= 11 is 0. The number of carbonyl (C=O) groups excluding carboxylic acids is 1. The molecule has 0 radical (unpaired) electrons. The number of aromatic nitrogens is 1. The monoisotopic (exact) mass is 261 g/mol. The number of carbonyl (C=O) groups is 1. The van der Waals surface area contributed by atoms with Gasteiger partial charge in [0.2, 0.25) is 0 Å². The van der Waals surface area contributed by atoms with Crippen molar-refractivity contribution in [2.24, 2.45) is 0 Å². The summed E-state index contributed by atoms with van der Waals surface area (Å²) in [6.07, 6.45) is -3.42. The Balaban J connectivity index is 2.38. The average Bonchev–Trinajstić information content (AvgIpc) is 2.33. The van der Waals surface area contributed by atoms with Gasteiger partial charge in [0.05, 0.1) is 12.8 Å². The number of pyridine rings is 1. The third-order valence-corrected chi connectivity index (χ3v) is 2.22. The molecule has 0 saturated carbocycles. The van der Waals surface area contributed by atoms with Crippen LogP contribution < -0.4 is 4.74 Å². The first-order chi connectivity index (χ1) is 8.42. The van der Waals surface area contributed by atoms with E-state index in [0.29, 0.717) is 17.9 Å². The van der Waals surface area contributed by atoms with Crippen molar-refractivity contribution in [3.63, 3.8) is 0 Å². The maximum absolute atomic E-state index is 11.9. The number of nitrogens with zero attached hydrogens (tertiary/aromatic N) is 1. The molecule has 0 fully saturated rings. The molecule has 18 heavy (non-hydrogen) atoms. The van der Waals surface area contributed by atoms with Crippen molar-refractivity contribution in [1.29, 1.82) is 0 Å². The molecular formula is C12H14F3NO2. The molecule has 0 unspecified atom stereocenters. The smallest absolute Gasteiger partial charge is 0.389 e. The van der Waals surface area contributed by atoms with E-state index in [9.17, 15) is 18.0 Å². The highest BCUT2D eigenvalue weighted by Crippen LogP contribution is 2.21. The van der Waals surface area contributed by atoms with Gasteiger partial charge in [-0.15, -0.1) is 0 Å². The van der Waals surface area contributed by atoms with Crippen molar-refractivity contribution >= 4 is 5.78 Å². The molecule has 0 saturated heterocycles.